The molecule has 0 spiro atoms. The third kappa shape index (κ3) is 2.82. The van der Waals surface area contributed by atoms with E-state index >= 15 is 0 Å². The van der Waals surface area contributed by atoms with Crippen LogP contribution >= 0.6 is 0 Å². The molecule has 5 heteroatoms. The Morgan fingerprint density at radius 3 is 2.43 bits per heavy atom. The molecule has 21 heavy (non-hydrogen) atoms. The first-order valence-electron chi connectivity index (χ1n) is 7.43. The highest BCUT2D eigenvalue weighted by Crippen LogP contribution is 2.30. The van der Waals surface area contributed by atoms with Gasteiger partial charge in [0.25, 0.3) is 0 Å². The van der Waals surface area contributed by atoms with Crippen molar-refractivity contribution in [3.63, 3.8) is 0 Å². The number of fused-ring (bicyclic) bond motifs is 1. The number of carboxylic acid groups (broad SMARTS) is 1. The van der Waals surface area contributed by atoms with Gasteiger partial charge in [-0.3, -0.25) is 4.98 Å². The molecule has 110 valence electrons. The predicted octanol–water partition coefficient (Wildman–Crippen LogP) is 3.22. The number of hydrogen-bond acceptors (Lipinski definition) is 4. The van der Waals surface area contributed by atoms with Crippen LogP contribution in [0, 0.1) is 0 Å². The lowest BCUT2D eigenvalue weighted by Crippen LogP contribution is -2.46. The SMILES string of the molecule is O=C(O)C1(Nc2cnc3ccccc3n2)CCCCCC1. The number of anilines is 1. The van der Waals surface area contributed by atoms with Gasteiger partial charge >= 0.3 is 5.97 Å². The van der Waals surface area contributed by atoms with Crippen molar-refractivity contribution in [2.75, 3.05) is 5.32 Å². The molecule has 3 rings (SSSR count). The smallest absolute Gasteiger partial charge is 0.329 e. The van der Waals surface area contributed by atoms with Crippen LogP contribution in [0.3, 0.4) is 0 Å². The zero-order valence-electron chi connectivity index (χ0n) is 11.9. The predicted molar refractivity (Wildman–Crippen MR) is 81.2 cm³/mol. The largest absolute Gasteiger partial charge is 0.480 e. The molecule has 0 bridgehead atoms. The van der Waals surface area contributed by atoms with Gasteiger partial charge < -0.3 is 10.4 Å². The average molecular weight is 285 g/mol. The number of hydrogen-bond donors (Lipinski definition) is 2. The summed E-state index contributed by atoms with van der Waals surface area (Å²) in [5, 5.41) is 12.8. The molecule has 5 nitrogen and oxygen atoms in total. The van der Waals surface area contributed by atoms with Gasteiger partial charge in [0.1, 0.15) is 11.4 Å². The normalized spacial score (nSPS) is 18.1. The summed E-state index contributed by atoms with van der Waals surface area (Å²) in [6.07, 6.45) is 6.95. The zero-order valence-corrected chi connectivity index (χ0v) is 11.9. The van der Waals surface area contributed by atoms with Gasteiger partial charge in [0.15, 0.2) is 0 Å². The lowest BCUT2D eigenvalue weighted by Gasteiger charge is -2.29. The van der Waals surface area contributed by atoms with Crippen LogP contribution in [0.15, 0.2) is 30.5 Å². The van der Waals surface area contributed by atoms with E-state index in [2.05, 4.69) is 15.3 Å². The van der Waals surface area contributed by atoms with Crippen molar-refractivity contribution in [2.45, 2.75) is 44.1 Å². The van der Waals surface area contributed by atoms with Gasteiger partial charge in [0.05, 0.1) is 17.2 Å². The molecule has 0 radical (unpaired) electrons. The Labute approximate surface area is 123 Å². The highest BCUT2D eigenvalue weighted by molar-refractivity contribution is 5.83. The van der Waals surface area contributed by atoms with Gasteiger partial charge in [-0.05, 0) is 25.0 Å². The molecule has 0 aliphatic heterocycles. The second-order valence-corrected chi connectivity index (χ2v) is 5.67. The van der Waals surface area contributed by atoms with Crippen LogP contribution in [-0.2, 0) is 4.79 Å². The second-order valence-electron chi connectivity index (χ2n) is 5.67. The Bertz CT molecular complexity index is 649. The molecule has 0 unspecified atom stereocenters. The van der Waals surface area contributed by atoms with Crippen LogP contribution in [-0.4, -0.2) is 26.6 Å². The van der Waals surface area contributed by atoms with Crippen molar-refractivity contribution in [1.29, 1.82) is 0 Å². The van der Waals surface area contributed by atoms with Crippen LogP contribution in [0.5, 0.6) is 0 Å². The number of nitrogens with zero attached hydrogens (tertiary/aromatic N) is 2. The fourth-order valence-electron chi connectivity index (χ4n) is 2.99. The quantitative estimate of drug-likeness (QED) is 0.847. The van der Waals surface area contributed by atoms with Crippen LogP contribution in [0.2, 0.25) is 0 Å². The van der Waals surface area contributed by atoms with E-state index < -0.39 is 11.5 Å². The highest BCUT2D eigenvalue weighted by Gasteiger charge is 2.39. The summed E-state index contributed by atoms with van der Waals surface area (Å²) in [4.78, 5) is 20.6. The maximum absolute atomic E-state index is 11.8. The van der Waals surface area contributed by atoms with E-state index in [0.29, 0.717) is 18.7 Å². The number of benzene rings is 1. The van der Waals surface area contributed by atoms with E-state index in [9.17, 15) is 9.90 Å². The van der Waals surface area contributed by atoms with Gasteiger partial charge in [-0.1, -0.05) is 37.8 Å². The molecule has 1 heterocycles. The van der Waals surface area contributed by atoms with E-state index in [1.807, 2.05) is 24.3 Å². The topological polar surface area (TPSA) is 75.1 Å². The molecule has 1 saturated carbocycles. The lowest BCUT2D eigenvalue weighted by molar-refractivity contribution is -0.142. The number of rotatable bonds is 3. The summed E-state index contributed by atoms with van der Waals surface area (Å²) < 4.78 is 0. The molecular formula is C16H19N3O2. The monoisotopic (exact) mass is 285 g/mol. The summed E-state index contributed by atoms with van der Waals surface area (Å²) in [6.45, 7) is 0. The van der Waals surface area contributed by atoms with Gasteiger partial charge in [0, 0.05) is 0 Å². The first kappa shape index (κ1) is 13.8. The summed E-state index contributed by atoms with van der Waals surface area (Å²) in [5.74, 6) is -0.252. The Hall–Kier alpha value is -2.17. The fraction of sp³-hybridized carbons (Fsp3) is 0.438. The van der Waals surface area contributed by atoms with E-state index in [0.717, 1.165) is 36.7 Å². The van der Waals surface area contributed by atoms with E-state index in [1.165, 1.54) is 0 Å². The molecule has 1 aromatic heterocycles. The van der Waals surface area contributed by atoms with Crippen molar-refractivity contribution in [1.82, 2.24) is 9.97 Å². The van der Waals surface area contributed by atoms with Crippen molar-refractivity contribution in [2.24, 2.45) is 0 Å². The van der Waals surface area contributed by atoms with Gasteiger partial charge in [-0.15, -0.1) is 0 Å². The summed E-state index contributed by atoms with van der Waals surface area (Å²) in [7, 11) is 0. The van der Waals surface area contributed by atoms with Crippen LogP contribution in [0.25, 0.3) is 11.0 Å². The average Bonchev–Trinajstić information content (AvgIpc) is 2.74. The Morgan fingerprint density at radius 1 is 1.10 bits per heavy atom. The Balaban J connectivity index is 1.91. The third-order valence-electron chi connectivity index (χ3n) is 4.18. The maximum atomic E-state index is 11.8. The standard InChI is InChI=1S/C16H19N3O2/c20-15(21)16(9-5-1-2-6-10-16)19-14-11-17-12-7-3-4-8-13(12)18-14/h3-4,7-8,11H,1-2,5-6,9-10H2,(H,18,19)(H,20,21). The van der Waals surface area contributed by atoms with Gasteiger partial charge in [-0.25, -0.2) is 9.78 Å². The highest BCUT2D eigenvalue weighted by atomic mass is 16.4. The fourth-order valence-corrected chi connectivity index (χ4v) is 2.99. The minimum atomic E-state index is -0.909. The minimum Gasteiger partial charge on any atom is -0.480 e. The molecule has 2 N–H and O–H groups in total. The van der Waals surface area contributed by atoms with Gasteiger partial charge in [-0.2, -0.15) is 0 Å². The number of aromatic nitrogens is 2. The van der Waals surface area contributed by atoms with Crippen molar-refractivity contribution < 1.29 is 9.90 Å². The Kier molecular flexibility index (Phi) is 3.73. The number of carbonyl (C=O) groups is 1. The second kappa shape index (κ2) is 5.68. The van der Waals surface area contributed by atoms with Crippen LogP contribution in [0.4, 0.5) is 5.82 Å². The maximum Gasteiger partial charge on any atom is 0.329 e. The number of para-hydroxylation sites is 2. The number of carboxylic acids is 1. The van der Waals surface area contributed by atoms with Crippen LogP contribution in [0.1, 0.15) is 38.5 Å². The van der Waals surface area contributed by atoms with E-state index in [1.54, 1.807) is 6.20 Å². The first-order valence-corrected chi connectivity index (χ1v) is 7.43. The van der Waals surface area contributed by atoms with Crippen molar-refractivity contribution >= 4 is 22.8 Å². The molecular weight excluding hydrogens is 266 g/mol. The zero-order chi connectivity index (χ0) is 14.7. The van der Waals surface area contributed by atoms with Crippen molar-refractivity contribution in [3.05, 3.63) is 30.5 Å². The molecule has 1 aliphatic carbocycles. The minimum absolute atomic E-state index is 0.540. The van der Waals surface area contributed by atoms with Crippen LogP contribution < -0.4 is 5.32 Å². The molecule has 2 aromatic rings. The van der Waals surface area contributed by atoms with Crippen molar-refractivity contribution in [3.8, 4) is 0 Å². The third-order valence-corrected chi connectivity index (χ3v) is 4.18. The van der Waals surface area contributed by atoms with E-state index in [-0.39, 0.29) is 0 Å². The first-order chi connectivity index (χ1) is 10.2. The molecule has 0 amide bonds. The Morgan fingerprint density at radius 2 is 1.76 bits per heavy atom. The van der Waals surface area contributed by atoms with E-state index in [4.69, 9.17) is 0 Å². The van der Waals surface area contributed by atoms with Gasteiger partial charge in [0.2, 0.25) is 0 Å². The summed E-state index contributed by atoms with van der Waals surface area (Å²) in [5.41, 5.74) is 0.679. The lowest BCUT2D eigenvalue weighted by atomic mass is 9.90. The molecule has 0 saturated heterocycles. The molecule has 1 aliphatic rings. The number of nitrogens with one attached hydrogen (secondary N) is 1. The molecule has 1 aromatic carbocycles. The summed E-state index contributed by atoms with van der Waals surface area (Å²) in [6, 6.07) is 7.59. The summed E-state index contributed by atoms with van der Waals surface area (Å²) >= 11 is 0. The molecule has 1 fully saturated rings. The molecule has 0 atom stereocenters. The number of aliphatic carboxylic acids is 1.